The highest BCUT2D eigenvalue weighted by Gasteiger charge is 2.12. The number of anilines is 1. The van der Waals surface area contributed by atoms with E-state index in [1.165, 1.54) is 33.8 Å². The van der Waals surface area contributed by atoms with Crippen LogP contribution in [0.4, 0.5) is 5.13 Å². The van der Waals surface area contributed by atoms with Crippen molar-refractivity contribution in [3.8, 4) is 21.8 Å². The van der Waals surface area contributed by atoms with E-state index in [9.17, 15) is 4.79 Å². The maximum absolute atomic E-state index is 12.4. The van der Waals surface area contributed by atoms with Crippen LogP contribution in [-0.4, -0.2) is 20.9 Å². The van der Waals surface area contributed by atoms with Gasteiger partial charge in [0.15, 0.2) is 5.13 Å². The van der Waals surface area contributed by atoms with E-state index in [0.717, 1.165) is 27.5 Å². The molecular formula is C21H18N4OS2. The molecule has 5 nitrogen and oxygen atoms in total. The summed E-state index contributed by atoms with van der Waals surface area (Å²) >= 11 is 2.94. The van der Waals surface area contributed by atoms with Crippen LogP contribution in [0.5, 0.6) is 0 Å². The Morgan fingerprint density at radius 3 is 2.71 bits per heavy atom. The van der Waals surface area contributed by atoms with Gasteiger partial charge in [0.1, 0.15) is 5.01 Å². The van der Waals surface area contributed by atoms with E-state index in [-0.39, 0.29) is 12.3 Å². The van der Waals surface area contributed by atoms with E-state index in [0.29, 0.717) is 5.13 Å². The summed E-state index contributed by atoms with van der Waals surface area (Å²) in [6.45, 7) is 4.17. The predicted molar refractivity (Wildman–Crippen MR) is 115 cm³/mol. The number of aromatic nitrogens is 3. The number of nitrogens with zero attached hydrogens (tertiary/aromatic N) is 3. The predicted octanol–water partition coefficient (Wildman–Crippen LogP) is 5.13. The largest absolute Gasteiger partial charge is 0.302 e. The molecule has 0 aliphatic heterocycles. The van der Waals surface area contributed by atoms with Crippen LogP contribution >= 0.6 is 22.7 Å². The van der Waals surface area contributed by atoms with E-state index < -0.39 is 0 Å². The van der Waals surface area contributed by atoms with Gasteiger partial charge in [-0.05, 0) is 43.2 Å². The SMILES string of the molecule is Cc1ccc(-c2csc(NC(=O)Cc3csc(-c4cccnc4)n3)n2)cc1C. The standard InChI is InChI=1S/C21H18N4OS2/c1-13-5-6-15(8-14(13)2)18-12-28-21(24-18)25-19(26)9-17-11-27-20(23-17)16-4-3-7-22-10-16/h3-8,10-12H,9H2,1-2H3,(H,24,25,26). The monoisotopic (exact) mass is 406 g/mol. The van der Waals surface area contributed by atoms with Gasteiger partial charge in [-0.1, -0.05) is 12.1 Å². The van der Waals surface area contributed by atoms with E-state index in [2.05, 4.69) is 52.3 Å². The molecule has 0 saturated carbocycles. The third-order valence-electron chi connectivity index (χ3n) is 4.36. The Hall–Kier alpha value is -2.90. The summed E-state index contributed by atoms with van der Waals surface area (Å²) in [5, 5.41) is 8.21. The minimum atomic E-state index is -0.121. The topological polar surface area (TPSA) is 67.8 Å². The van der Waals surface area contributed by atoms with Crippen LogP contribution < -0.4 is 5.32 Å². The summed E-state index contributed by atoms with van der Waals surface area (Å²) in [6, 6.07) is 10.1. The zero-order valence-corrected chi connectivity index (χ0v) is 17.1. The molecule has 4 rings (SSSR count). The van der Waals surface area contributed by atoms with E-state index in [1.54, 1.807) is 12.4 Å². The lowest BCUT2D eigenvalue weighted by atomic mass is 10.1. The fraction of sp³-hybridized carbons (Fsp3) is 0.143. The van der Waals surface area contributed by atoms with Crippen molar-refractivity contribution in [3.05, 3.63) is 70.3 Å². The molecule has 140 valence electrons. The maximum atomic E-state index is 12.4. The number of hydrogen-bond donors (Lipinski definition) is 1. The number of aryl methyl sites for hydroxylation is 2. The molecule has 3 aromatic heterocycles. The average Bonchev–Trinajstić information content (AvgIpc) is 3.34. The van der Waals surface area contributed by atoms with Gasteiger partial charge in [0, 0.05) is 34.3 Å². The molecule has 0 radical (unpaired) electrons. The molecule has 0 spiro atoms. The number of hydrogen-bond acceptors (Lipinski definition) is 6. The Morgan fingerprint density at radius 2 is 1.93 bits per heavy atom. The summed E-state index contributed by atoms with van der Waals surface area (Å²) in [6.07, 6.45) is 3.72. The maximum Gasteiger partial charge on any atom is 0.232 e. The molecule has 0 aliphatic rings. The average molecular weight is 407 g/mol. The van der Waals surface area contributed by atoms with E-state index in [4.69, 9.17) is 0 Å². The van der Waals surface area contributed by atoms with Crippen LogP contribution in [0.2, 0.25) is 0 Å². The first-order chi connectivity index (χ1) is 13.6. The number of benzene rings is 1. The highest BCUT2D eigenvalue weighted by molar-refractivity contribution is 7.14. The number of rotatable bonds is 5. The quantitative estimate of drug-likeness (QED) is 0.499. The molecule has 0 bridgehead atoms. The van der Waals surface area contributed by atoms with Gasteiger partial charge < -0.3 is 5.32 Å². The van der Waals surface area contributed by atoms with E-state index in [1.807, 2.05) is 22.9 Å². The molecule has 0 unspecified atom stereocenters. The molecule has 28 heavy (non-hydrogen) atoms. The van der Waals surface area contributed by atoms with Crippen LogP contribution in [0.15, 0.2) is 53.5 Å². The fourth-order valence-corrected chi connectivity index (χ4v) is 4.25. The zero-order valence-electron chi connectivity index (χ0n) is 15.5. The van der Waals surface area contributed by atoms with Crippen LogP contribution in [-0.2, 0) is 11.2 Å². The Morgan fingerprint density at radius 1 is 1.04 bits per heavy atom. The Kier molecular flexibility index (Phi) is 5.27. The van der Waals surface area contributed by atoms with Crippen molar-refractivity contribution in [2.45, 2.75) is 20.3 Å². The molecule has 0 saturated heterocycles. The molecule has 0 fully saturated rings. The normalized spacial score (nSPS) is 10.8. The van der Waals surface area contributed by atoms with Gasteiger partial charge in [-0.2, -0.15) is 0 Å². The first-order valence-electron chi connectivity index (χ1n) is 8.76. The first kappa shape index (κ1) is 18.5. The highest BCUT2D eigenvalue weighted by Crippen LogP contribution is 2.27. The van der Waals surface area contributed by atoms with Crippen molar-refractivity contribution in [3.63, 3.8) is 0 Å². The van der Waals surface area contributed by atoms with Gasteiger partial charge in [0.25, 0.3) is 0 Å². The Bertz CT molecular complexity index is 1120. The summed E-state index contributed by atoms with van der Waals surface area (Å²) in [5.74, 6) is -0.121. The van der Waals surface area contributed by atoms with Crippen molar-refractivity contribution in [2.24, 2.45) is 0 Å². The van der Waals surface area contributed by atoms with Crippen LogP contribution in [0.3, 0.4) is 0 Å². The lowest BCUT2D eigenvalue weighted by Gasteiger charge is -2.02. The van der Waals surface area contributed by atoms with Crippen molar-refractivity contribution in [1.82, 2.24) is 15.0 Å². The van der Waals surface area contributed by atoms with Gasteiger partial charge in [0.05, 0.1) is 17.8 Å². The summed E-state index contributed by atoms with van der Waals surface area (Å²) in [4.78, 5) is 25.6. The third kappa shape index (κ3) is 4.16. The molecule has 0 aliphatic carbocycles. The molecular weight excluding hydrogens is 388 g/mol. The van der Waals surface area contributed by atoms with Crippen LogP contribution in [0.25, 0.3) is 21.8 Å². The molecule has 1 amide bonds. The number of carbonyl (C=O) groups excluding carboxylic acids is 1. The van der Waals surface area contributed by atoms with Gasteiger partial charge in [-0.3, -0.25) is 9.78 Å². The molecule has 3 heterocycles. The minimum Gasteiger partial charge on any atom is -0.302 e. The Balaban J connectivity index is 1.41. The number of pyridine rings is 1. The van der Waals surface area contributed by atoms with Crippen molar-refractivity contribution in [2.75, 3.05) is 5.32 Å². The lowest BCUT2D eigenvalue weighted by Crippen LogP contribution is -2.14. The molecule has 1 N–H and O–H groups in total. The van der Waals surface area contributed by atoms with Crippen molar-refractivity contribution < 1.29 is 4.79 Å². The van der Waals surface area contributed by atoms with Crippen LogP contribution in [0.1, 0.15) is 16.8 Å². The number of carbonyl (C=O) groups is 1. The third-order valence-corrected chi connectivity index (χ3v) is 6.05. The molecule has 0 atom stereocenters. The zero-order chi connectivity index (χ0) is 19.5. The molecule has 1 aromatic carbocycles. The first-order valence-corrected chi connectivity index (χ1v) is 10.5. The second kappa shape index (κ2) is 8.00. The minimum absolute atomic E-state index is 0.121. The van der Waals surface area contributed by atoms with Gasteiger partial charge in [-0.15, -0.1) is 22.7 Å². The number of thiazole rings is 2. The molecule has 4 aromatic rings. The lowest BCUT2D eigenvalue weighted by molar-refractivity contribution is -0.115. The Labute approximate surface area is 171 Å². The fourth-order valence-electron chi connectivity index (χ4n) is 2.70. The smallest absolute Gasteiger partial charge is 0.232 e. The number of nitrogens with one attached hydrogen (secondary N) is 1. The van der Waals surface area contributed by atoms with Crippen molar-refractivity contribution in [1.29, 1.82) is 0 Å². The second-order valence-corrected chi connectivity index (χ2v) is 8.16. The summed E-state index contributed by atoms with van der Waals surface area (Å²) in [5.41, 5.74) is 6.10. The highest BCUT2D eigenvalue weighted by atomic mass is 32.1. The van der Waals surface area contributed by atoms with Gasteiger partial charge >= 0.3 is 0 Å². The van der Waals surface area contributed by atoms with E-state index >= 15 is 0 Å². The summed E-state index contributed by atoms with van der Waals surface area (Å²) < 4.78 is 0. The van der Waals surface area contributed by atoms with Gasteiger partial charge in [-0.25, -0.2) is 9.97 Å². The summed E-state index contributed by atoms with van der Waals surface area (Å²) in [7, 11) is 0. The van der Waals surface area contributed by atoms with Gasteiger partial charge in [0.2, 0.25) is 5.91 Å². The second-order valence-electron chi connectivity index (χ2n) is 6.45. The molecule has 7 heteroatoms. The number of amides is 1. The van der Waals surface area contributed by atoms with Crippen LogP contribution in [0, 0.1) is 13.8 Å². The van der Waals surface area contributed by atoms with Crippen molar-refractivity contribution >= 4 is 33.7 Å².